The number of carbonyl (C=O) groups excluding carboxylic acids is 4. The molecule has 0 unspecified atom stereocenters. The Morgan fingerprint density at radius 3 is 2.28 bits per heavy atom. The van der Waals surface area contributed by atoms with Gasteiger partial charge >= 0.3 is 11.9 Å². The average molecular weight is 1050 g/mol. The molecule has 5 aliphatic rings. The second kappa shape index (κ2) is 23.0. The zero-order valence-corrected chi connectivity index (χ0v) is 46.8. The predicted molar refractivity (Wildman–Crippen MR) is 286 cm³/mol. The zero-order valence-electron chi connectivity index (χ0n) is 46.0. The van der Waals surface area contributed by atoms with Gasteiger partial charge in [0.05, 0.1) is 38.4 Å². The van der Waals surface area contributed by atoms with Crippen LogP contribution < -0.4 is 9.47 Å². The number of hydrogen-bond acceptors (Lipinski definition) is 13. The third kappa shape index (κ3) is 11.7. The Balaban J connectivity index is 1.01. The number of ether oxygens (including phenoxy) is 3. The van der Waals surface area contributed by atoms with Crippen LogP contribution >= 0.6 is 11.8 Å². The van der Waals surface area contributed by atoms with Crippen LogP contribution in [0.4, 0.5) is 0 Å². The van der Waals surface area contributed by atoms with E-state index < -0.39 is 59.3 Å². The number of aliphatic carboxylic acids is 1. The van der Waals surface area contributed by atoms with Gasteiger partial charge in [-0.1, -0.05) is 71.9 Å². The second-order valence-corrected chi connectivity index (χ2v) is 25.1. The van der Waals surface area contributed by atoms with Crippen molar-refractivity contribution >= 4 is 41.3 Å². The van der Waals surface area contributed by atoms with E-state index >= 15 is 0 Å². The summed E-state index contributed by atoms with van der Waals surface area (Å²) >= 11 is 1.53. The molecule has 0 spiro atoms. The number of methoxy groups -OCH3 is 2. The summed E-state index contributed by atoms with van der Waals surface area (Å²) in [6.07, 6.45) is 4.69. The molecule has 0 aromatic heterocycles. The molecule has 0 radical (unpaired) electrons. The van der Waals surface area contributed by atoms with Gasteiger partial charge in [-0.25, -0.2) is 9.59 Å². The summed E-state index contributed by atoms with van der Waals surface area (Å²) in [4.78, 5) is 75.2. The van der Waals surface area contributed by atoms with Gasteiger partial charge in [0, 0.05) is 58.6 Å². The third-order valence-electron chi connectivity index (χ3n) is 17.7. The van der Waals surface area contributed by atoms with E-state index in [0.29, 0.717) is 68.0 Å². The van der Waals surface area contributed by atoms with Crippen molar-refractivity contribution in [2.45, 2.75) is 179 Å². The molecule has 3 N–H and O–H groups in total. The third-order valence-corrected chi connectivity index (χ3v) is 19.2. The Bertz CT molecular complexity index is 2440. The fraction of sp³-hybridized carbons (Fsp3) is 0.672. The van der Waals surface area contributed by atoms with Gasteiger partial charge in [-0.2, -0.15) is 0 Å². The van der Waals surface area contributed by atoms with Gasteiger partial charge in [0.1, 0.15) is 17.8 Å². The Hall–Kier alpha value is -4.48. The predicted octanol–water partition coefficient (Wildman–Crippen LogP) is 7.79. The average Bonchev–Trinajstić information content (AvgIpc) is 4.09. The van der Waals surface area contributed by atoms with E-state index in [2.05, 4.69) is 49.6 Å². The number of rotatable bonds is 22. The highest BCUT2D eigenvalue weighted by Gasteiger charge is 2.60. The number of piperidine rings is 1. The minimum absolute atomic E-state index is 0.0432. The maximum absolute atomic E-state index is 14.4. The van der Waals surface area contributed by atoms with E-state index in [1.54, 1.807) is 35.0 Å². The standard InChI is InChI=1S/C58H84N4O11S/c1-13-56(4,5)51(65)53(67)61-27-15-14-19-41(61)55(70)73-43(22-20-36-21-23-44(71-11)45(29-36)72-12)37-17-16-18-39(30-37)57(6,7)25-26-58(8,9)60-28-24-38(32-60)49(64)42-31-40(33-59(42)10)74-50-34(2)47-46(35(3)63)52(66)62(47)48(50)54(68)69/h16-18,21,23,29-30,34-35,38,40-43,46-47,49,63-64H,13-15,19-20,22,24-28,31-33H2,1-12H3,(H,68,69)/t34-,35-,38-,40+,41+,42+,43-,46-,47-,49-/m1/s1. The number of carboxylic acid groups (broad SMARTS) is 1. The fourth-order valence-corrected chi connectivity index (χ4v) is 13.8. The summed E-state index contributed by atoms with van der Waals surface area (Å²) in [6.45, 7) is 20.7. The molecule has 408 valence electrons. The van der Waals surface area contributed by atoms with Crippen LogP contribution in [0.15, 0.2) is 53.1 Å². The van der Waals surface area contributed by atoms with E-state index in [9.17, 15) is 39.3 Å². The number of β-lactam (4-membered cyclic amide) rings is 1. The summed E-state index contributed by atoms with van der Waals surface area (Å²) in [6, 6.07) is 12.8. The van der Waals surface area contributed by atoms with Crippen LogP contribution in [0.3, 0.4) is 0 Å². The first-order valence-corrected chi connectivity index (χ1v) is 27.9. The van der Waals surface area contributed by atoms with Crippen molar-refractivity contribution in [3.63, 3.8) is 0 Å². The number of aliphatic hydroxyl groups is 2. The zero-order chi connectivity index (χ0) is 54.2. The Morgan fingerprint density at radius 1 is 0.905 bits per heavy atom. The topological polar surface area (TPSA) is 187 Å². The fourth-order valence-electron chi connectivity index (χ4n) is 12.2. The molecule has 7 rings (SSSR count). The van der Waals surface area contributed by atoms with E-state index in [-0.39, 0.29) is 51.7 Å². The van der Waals surface area contributed by atoms with Gasteiger partial charge in [-0.15, -0.1) is 11.8 Å². The Kier molecular flexibility index (Phi) is 17.8. The number of esters is 1. The lowest BCUT2D eigenvalue weighted by molar-refractivity contribution is -0.164. The molecule has 5 aliphatic heterocycles. The van der Waals surface area contributed by atoms with Gasteiger partial charge in [0.25, 0.3) is 5.91 Å². The van der Waals surface area contributed by atoms with Gasteiger partial charge in [0.2, 0.25) is 11.7 Å². The van der Waals surface area contributed by atoms with Crippen LogP contribution in [-0.2, 0) is 40.5 Å². The van der Waals surface area contributed by atoms with E-state index in [0.717, 1.165) is 55.5 Å². The maximum atomic E-state index is 14.4. The van der Waals surface area contributed by atoms with Crippen LogP contribution in [0.1, 0.15) is 143 Å². The van der Waals surface area contributed by atoms with Crippen molar-refractivity contribution in [2.75, 3.05) is 47.4 Å². The largest absolute Gasteiger partial charge is 0.493 e. The molecule has 4 saturated heterocycles. The van der Waals surface area contributed by atoms with Crippen LogP contribution in [0.25, 0.3) is 0 Å². The molecular weight excluding hydrogens is 961 g/mol. The molecule has 2 aromatic rings. The van der Waals surface area contributed by atoms with Gasteiger partial charge in [0.15, 0.2) is 11.5 Å². The quantitative estimate of drug-likeness (QED) is 0.0590. The summed E-state index contributed by atoms with van der Waals surface area (Å²) in [7, 11) is 5.23. The van der Waals surface area contributed by atoms with Crippen molar-refractivity contribution in [3.05, 3.63) is 69.8 Å². The Labute approximate surface area is 443 Å². The lowest BCUT2D eigenvalue weighted by Gasteiger charge is -2.46. The van der Waals surface area contributed by atoms with Crippen molar-refractivity contribution in [1.29, 1.82) is 0 Å². The molecule has 5 heterocycles. The number of aryl methyl sites for hydroxylation is 1. The highest BCUT2D eigenvalue weighted by Crippen LogP contribution is 2.52. The molecule has 74 heavy (non-hydrogen) atoms. The van der Waals surface area contributed by atoms with E-state index in [4.69, 9.17) is 14.2 Å². The van der Waals surface area contributed by atoms with Gasteiger partial charge in [-0.05, 0) is 133 Å². The van der Waals surface area contributed by atoms with Crippen molar-refractivity contribution in [3.8, 4) is 11.5 Å². The summed E-state index contributed by atoms with van der Waals surface area (Å²) in [5.41, 5.74) is 1.72. The number of Topliss-reactive ketones (excluding diaryl/α,β-unsaturated/α-hetero) is 1. The molecule has 16 heteroatoms. The number of hydrogen-bond donors (Lipinski definition) is 3. The summed E-state index contributed by atoms with van der Waals surface area (Å²) in [5, 5.41) is 32.6. The number of aliphatic hydroxyl groups excluding tert-OH is 2. The number of benzene rings is 2. The highest BCUT2D eigenvalue weighted by atomic mass is 32.2. The number of likely N-dealkylation sites (tertiary alicyclic amines) is 3. The number of likely N-dealkylation sites (N-methyl/N-ethyl adjacent to an activating group) is 1. The summed E-state index contributed by atoms with van der Waals surface area (Å²) in [5.74, 6) is -2.57. The molecular formula is C58H84N4O11S. The van der Waals surface area contributed by atoms with Crippen molar-refractivity contribution < 1.29 is 53.5 Å². The van der Waals surface area contributed by atoms with Crippen LogP contribution in [0.5, 0.6) is 11.5 Å². The number of carboxylic acids is 1. The molecule has 0 aliphatic carbocycles. The number of thioether (sulfide) groups is 1. The number of ketones is 1. The second-order valence-electron chi connectivity index (χ2n) is 23.8. The monoisotopic (exact) mass is 1040 g/mol. The van der Waals surface area contributed by atoms with Crippen LogP contribution in [-0.4, -0.2) is 153 Å². The lowest BCUT2D eigenvalue weighted by Crippen LogP contribution is -2.63. The van der Waals surface area contributed by atoms with Gasteiger partial charge < -0.3 is 39.3 Å². The van der Waals surface area contributed by atoms with E-state index in [1.807, 2.05) is 51.2 Å². The normalized spacial score (nSPS) is 26.1. The lowest BCUT2D eigenvalue weighted by atomic mass is 9.76. The molecule has 0 saturated carbocycles. The van der Waals surface area contributed by atoms with Crippen molar-refractivity contribution in [1.82, 2.24) is 19.6 Å². The minimum atomic E-state index is -1.12. The first-order chi connectivity index (χ1) is 34.8. The highest BCUT2D eigenvalue weighted by molar-refractivity contribution is 8.03. The SMILES string of the molecule is CCC(C)(C)C(=O)C(=O)N1CCCC[C@H]1C(=O)O[C@H](CCc1ccc(OC)c(OC)c1)c1cccc(C(C)(C)CCC(C)(C)N2CC[C@@H]([C@@H](O)[C@@H]3C[C@H](SC4=C(C(=O)O)N5C(=O)[C@H]([C@@H](C)O)[C@H]5[C@H]4C)CN3C)C2)c1. The minimum Gasteiger partial charge on any atom is -0.493 e. The van der Waals surface area contributed by atoms with E-state index in [1.165, 1.54) is 21.6 Å². The molecule has 2 amide bonds. The number of amides is 2. The molecule has 4 fully saturated rings. The first kappa shape index (κ1) is 57.2. The molecule has 15 nitrogen and oxygen atoms in total. The van der Waals surface area contributed by atoms with Crippen molar-refractivity contribution in [2.24, 2.45) is 23.2 Å². The number of carbonyl (C=O) groups is 5. The molecule has 10 atom stereocenters. The van der Waals surface area contributed by atoms with Gasteiger partial charge in [-0.3, -0.25) is 24.2 Å². The van der Waals surface area contributed by atoms with Crippen LogP contribution in [0, 0.1) is 23.2 Å². The Morgan fingerprint density at radius 2 is 1.62 bits per heavy atom. The number of nitrogens with zero attached hydrogens (tertiary/aromatic N) is 4. The molecule has 0 bridgehead atoms. The smallest absolute Gasteiger partial charge is 0.353 e. The first-order valence-electron chi connectivity index (χ1n) is 27.0. The number of fused-ring (bicyclic) bond motifs is 1. The van der Waals surface area contributed by atoms with Crippen LogP contribution in [0.2, 0.25) is 0 Å². The molecule has 2 aromatic carbocycles. The maximum Gasteiger partial charge on any atom is 0.353 e. The summed E-state index contributed by atoms with van der Waals surface area (Å²) < 4.78 is 17.6.